The lowest BCUT2D eigenvalue weighted by atomic mass is 10.1. The number of aromatic amines is 1. The fraction of sp³-hybridized carbons (Fsp3) is 0.143. The second-order valence-electron chi connectivity index (χ2n) is 6.97. The normalized spacial score (nSPS) is 11.3. The fourth-order valence-corrected chi connectivity index (χ4v) is 4.11. The summed E-state index contributed by atoms with van der Waals surface area (Å²) in [5, 5.41) is 8.79. The number of hydrogen-bond donors (Lipinski definition) is 3. The first-order chi connectivity index (χ1) is 14.6. The summed E-state index contributed by atoms with van der Waals surface area (Å²) in [7, 11) is 3.82. The summed E-state index contributed by atoms with van der Waals surface area (Å²) in [5.74, 6) is 0.569. The van der Waals surface area contributed by atoms with Crippen LogP contribution in [0.2, 0.25) is 0 Å². The van der Waals surface area contributed by atoms with Crippen LogP contribution < -0.4 is 10.6 Å². The number of benzene rings is 1. The van der Waals surface area contributed by atoms with E-state index in [1.165, 1.54) is 11.3 Å². The van der Waals surface area contributed by atoms with Gasteiger partial charge < -0.3 is 20.2 Å². The Morgan fingerprint density at radius 2 is 2.17 bits per heavy atom. The molecule has 0 aliphatic rings. The molecule has 1 amide bonds. The molecule has 5 rings (SSSR count). The van der Waals surface area contributed by atoms with Crippen molar-refractivity contribution in [3.8, 4) is 11.3 Å². The van der Waals surface area contributed by atoms with Crippen LogP contribution in [-0.2, 0) is 13.6 Å². The first-order valence-electron chi connectivity index (χ1n) is 9.41. The van der Waals surface area contributed by atoms with E-state index in [9.17, 15) is 4.79 Å². The first-order valence-corrected chi connectivity index (χ1v) is 10.4. The Morgan fingerprint density at radius 1 is 1.27 bits per heavy atom. The quantitative estimate of drug-likeness (QED) is 0.406. The lowest BCUT2D eigenvalue weighted by Crippen LogP contribution is -2.22. The van der Waals surface area contributed by atoms with Crippen molar-refractivity contribution in [2.75, 3.05) is 12.4 Å². The number of pyridine rings is 1. The minimum absolute atomic E-state index is 0.172. The van der Waals surface area contributed by atoms with Gasteiger partial charge in [-0.15, -0.1) is 11.3 Å². The Balaban J connectivity index is 1.48. The number of thiazole rings is 1. The van der Waals surface area contributed by atoms with Crippen molar-refractivity contribution in [1.82, 2.24) is 29.8 Å². The molecule has 0 saturated carbocycles. The number of fused-ring (bicyclic) bond motifs is 3. The Bertz CT molecular complexity index is 1370. The van der Waals surface area contributed by atoms with Crippen LogP contribution >= 0.6 is 11.3 Å². The van der Waals surface area contributed by atoms with E-state index in [1.807, 2.05) is 36.9 Å². The van der Waals surface area contributed by atoms with Crippen LogP contribution in [0.25, 0.3) is 33.3 Å². The molecule has 0 fully saturated rings. The number of carbonyl (C=O) groups is 1. The summed E-state index contributed by atoms with van der Waals surface area (Å²) < 4.78 is 2.00. The van der Waals surface area contributed by atoms with Gasteiger partial charge in [0.05, 0.1) is 17.4 Å². The van der Waals surface area contributed by atoms with Gasteiger partial charge in [-0.05, 0) is 23.3 Å². The third-order valence-corrected chi connectivity index (χ3v) is 5.62. The molecule has 0 aliphatic carbocycles. The van der Waals surface area contributed by atoms with Crippen molar-refractivity contribution >= 4 is 45.1 Å². The Kier molecular flexibility index (Phi) is 4.44. The number of amides is 1. The van der Waals surface area contributed by atoms with E-state index in [0.29, 0.717) is 12.2 Å². The Morgan fingerprint density at radius 3 is 2.97 bits per heavy atom. The van der Waals surface area contributed by atoms with Gasteiger partial charge in [-0.25, -0.2) is 15.0 Å². The van der Waals surface area contributed by atoms with Crippen molar-refractivity contribution < 1.29 is 4.79 Å². The number of nitrogens with zero attached hydrogens (tertiary/aromatic N) is 4. The molecule has 1 aromatic carbocycles. The van der Waals surface area contributed by atoms with Gasteiger partial charge in [0, 0.05) is 37.1 Å². The van der Waals surface area contributed by atoms with Crippen molar-refractivity contribution in [1.29, 1.82) is 0 Å². The highest BCUT2D eigenvalue weighted by atomic mass is 32.1. The van der Waals surface area contributed by atoms with E-state index in [-0.39, 0.29) is 5.91 Å². The number of hydrogen-bond acceptors (Lipinski definition) is 6. The molecule has 3 N–H and O–H groups in total. The average molecular weight is 417 g/mol. The number of aromatic nitrogens is 5. The van der Waals surface area contributed by atoms with Gasteiger partial charge in [0.15, 0.2) is 5.82 Å². The summed E-state index contributed by atoms with van der Waals surface area (Å²) in [4.78, 5) is 28.8. The molecule has 0 unspecified atom stereocenters. The van der Waals surface area contributed by atoms with Crippen LogP contribution in [0.4, 0.5) is 5.82 Å². The van der Waals surface area contributed by atoms with Gasteiger partial charge in [0.2, 0.25) is 0 Å². The zero-order chi connectivity index (χ0) is 20.7. The minimum Gasteiger partial charge on any atom is -0.371 e. The van der Waals surface area contributed by atoms with Gasteiger partial charge in [0.1, 0.15) is 16.9 Å². The maximum Gasteiger partial charge on any atom is 0.271 e. The highest BCUT2D eigenvalue weighted by molar-refractivity contribution is 7.07. The average Bonchev–Trinajstić information content (AvgIpc) is 3.51. The number of H-pyrrole nitrogens is 1. The number of imidazole rings is 1. The molecule has 0 radical (unpaired) electrons. The highest BCUT2D eigenvalue weighted by Gasteiger charge is 2.15. The molecule has 5 aromatic rings. The molecule has 4 aromatic heterocycles. The van der Waals surface area contributed by atoms with Crippen LogP contribution in [0.1, 0.15) is 16.1 Å². The molecular weight excluding hydrogens is 398 g/mol. The predicted molar refractivity (Wildman–Crippen MR) is 119 cm³/mol. The highest BCUT2D eigenvalue weighted by Crippen LogP contribution is 2.31. The lowest BCUT2D eigenvalue weighted by molar-refractivity contribution is 0.0946. The fourth-order valence-electron chi connectivity index (χ4n) is 3.57. The number of carbonyl (C=O) groups excluding carboxylic acids is 1. The maximum atomic E-state index is 12.1. The second kappa shape index (κ2) is 7.27. The molecule has 0 bridgehead atoms. The van der Waals surface area contributed by atoms with Crippen LogP contribution in [0, 0.1) is 0 Å². The largest absolute Gasteiger partial charge is 0.371 e. The van der Waals surface area contributed by atoms with E-state index < -0.39 is 0 Å². The summed E-state index contributed by atoms with van der Waals surface area (Å²) >= 11 is 1.40. The zero-order valence-corrected chi connectivity index (χ0v) is 17.2. The molecule has 0 saturated heterocycles. The van der Waals surface area contributed by atoms with Crippen molar-refractivity contribution in [3.63, 3.8) is 0 Å². The third-order valence-electron chi connectivity index (χ3n) is 5.03. The lowest BCUT2D eigenvalue weighted by Gasteiger charge is -2.05. The van der Waals surface area contributed by atoms with Gasteiger partial charge in [-0.1, -0.05) is 18.2 Å². The molecule has 150 valence electrons. The first kappa shape index (κ1) is 18.3. The van der Waals surface area contributed by atoms with Crippen molar-refractivity contribution in [2.24, 2.45) is 7.05 Å². The molecular formula is C21H19N7OS. The zero-order valence-electron chi connectivity index (χ0n) is 16.4. The summed E-state index contributed by atoms with van der Waals surface area (Å²) in [5.41, 5.74) is 7.75. The van der Waals surface area contributed by atoms with E-state index in [0.717, 1.165) is 44.7 Å². The summed E-state index contributed by atoms with van der Waals surface area (Å²) in [6.45, 7) is 0.429. The summed E-state index contributed by atoms with van der Waals surface area (Å²) in [6.07, 6.45) is 1.80. The Hall–Kier alpha value is -3.72. The second-order valence-corrected chi connectivity index (χ2v) is 7.68. The van der Waals surface area contributed by atoms with Gasteiger partial charge in [0.25, 0.3) is 5.91 Å². The monoisotopic (exact) mass is 417 g/mol. The number of anilines is 1. The Labute approximate surface area is 176 Å². The summed E-state index contributed by atoms with van der Waals surface area (Å²) in [6, 6.07) is 10.2. The maximum absolute atomic E-state index is 12.1. The van der Waals surface area contributed by atoms with Crippen LogP contribution in [0.3, 0.4) is 0 Å². The molecule has 0 aliphatic heterocycles. The predicted octanol–water partition coefficient (Wildman–Crippen LogP) is 3.54. The van der Waals surface area contributed by atoms with Gasteiger partial charge >= 0.3 is 0 Å². The smallest absolute Gasteiger partial charge is 0.271 e. The van der Waals surface area contributed by atoms with Gasteiger partial charge in [-0.2, -0.15) is 0 Å². The van der Waals surface area contributed by atoms with Crippen molar-refractivity contribution in [3.05, 3.63) is 58.8 Å². The van der Waals surface area contributed by atoms with E-state index in [2.05, 4.69) is 42.7 Å². The van der Waals surface area contributed by atoms with Gasteiger partial charge in [-0.3, -0.25) is 4.79 Å². The third kappa shape index (κ3) is 3.09. The van der Waals surface area contributed by atoms with Crippen LogP contribution in [0.5, 0.6) is 0 Å². The molecule has 30 heavy (non-hydrogen) atoms. The van der Waals surface area contributed by atoms with E-state index in [4.69, 9.17) is 0 Å². The van der Waals surface area contributed by atoms with E-state index >= 15 is 0 Å². The number of aryl methyl sites for hydroxylation is 1. The molecule has 9 heteroatoms. The van der Waals surface area contributed by atoms with E-state index in [1.54, 1.807) is 17.2 Å². The molecule has 0 atom stereocenters. The topological polar surface area (TPSA) is 101 Å². The molecule has 0 spiro atoms. The molecule has 8 nitrogen and oxygen atoms in total. The number of nitrogens with one attached hydrogen (secondary N) is 3. The molecule has 4 heterocycles. The van der Waals surface area contributed by atoms with Crippen LogP contribution in [-0.4, -0.2) is 37.5 Å². The SMILES string of the molecule is CNc1nc2[nH]c(-c3cccc(CNC(=O)c4cscn4)c3)cc2c2c1ncn2C. The minimum atomic E-state index is -0.172. The van der Waals surface area contributed by atoms with Crippen molar-refractivity contribution in [2.45, 2.75) is 6.54 Å². The number of rotatable bonds is 5. The van der Waals surface area contributed by atoms with Crippen LogP contribution in [0.15, 0.2) is 47.5 Å². The standard InChI is InChI=1S/C21H19N7OS/c1-22-20-17-18(28(2)10-24-17)14-7-15(26-19(14)27-20)13-5-3-4-12(6-13)8-23-21(29)16-9-30-11-25-16/h3-7,9-11H,8H2,1-2H3,(H,23,29)(H2,22,26,27).